The Morgan fingerprint density at radius 2 is 1.72 bits per heavy atom. The minimum atomic E-state index is -0.530. The zero-order valence-corrected chi connectivity index (χ0v) is 21.0. The predicted octanol–water partition coefficient (Wildman–Crippen LogP) is 5.10. The quantitative estimate of drug-likeness (QED) is 0.284. The van der Waals surface area contributed by atoms with Gasteiger partial charge in [0.1, 0.15) is 0 Å². The smallest absolute Gasteiger partial charge is 0.338 e. The van der Waals surface area contributed by atoms with Gasteiger partial charge in [-0.15, -0.1) is 10.2 Å². The van der Waals surface area contributed by atoms with E-state index in [0.29, 0.717) is 37.2 Å². The van der Waals surface area contributed by atoms with Gasteiger partial charge in [-0.3, -0.25) is 0 Å². The van der Waals surface area contributed by atoms with E-state index in [0.717, 1.165) is 16.8 Å². The van der Waals surface area contributed by atoms with Crippen molar-refractivity contribution < 1.29 is 14.1 Å². The van der Waals surface area contributed by atoms with Crippen LogP contribution >= 0.6 is 0 Å². The molecule has 192 valence electrons. The SMILES string of the molecule is N#CC1(c2ccc3ccccc3c2)CCN(c2ccc(-c3nc(COC(=O)c4ccccc4)no3)nn2)CC1. The number of fused-ring (bicyclic) bond motifs is 1. The molecule has 0 spiro atoms. The van der Waals surface area contributed by atoms with Crippen LogP contribution in [0.5, 0.6) is 0 Å². The van der Waals surface area contributed by atoms with Gasteiger partial charge in [-0.1, -0.05) is 59.8 Å². The molecule has 5 aromatic rings. The van der Waals surface area contributed by atoms with Crippen LogP contribution in [0.25, 0.3) is 22.4 Å². The fourth-order valence-electron chi connectivity index (χ4n) is 4.88. The number of nitriles is 1. The number of ether oxygens (including phenoxy) is 1. The van der Waals surface area contributed by atoms with Crippen molar-refractivity contribution in [2.45, 2.75) is 24.9 Å². The van der Waals surface area contributed by atoms with Crippen molar-refractivity contribution in [2.75, 3.05) is 18.0 Å². The van der Waals surface area contributed by atoms with Crippen LogP contribution in [-0.2, 0) is 16.8 Å². The maximum Gasteiger partial charge on any atom is 0.338 e. The molecule has 1 fully saturated rings. The summed E-state index contributed by atoms with van der Waals surface area (Å²) in [6.45, 7) is 1.26. The van der Waals surface area contributed by atoms with Gasteiger partial charge in [-0.05, 0) is 59.5 Å². The predicted molar refractivity (Wildman–Crippen MR) is 144 cm³/mol. The standard InChI is InChI=1S/C30H24N6O3/c31-20-30(24-11-10-21-6-4-5-9-23(21)18-24)14-16-36(17-15-30)27-13-12-25(33-34-27)28-32-26(35-39-28)19-38-29(37)22-7-2-1-3-8-22/h1-13,18H,14-17,19H2. The Balaban J connectivity index is 1.09. The van der Waals surface area contributed by atoms with Crippen LogP contribution < -0.4 is 4.90 Å². The molecule has 3 aromatic carbocycles. The Bertz CT molecular complexity index is 1650. The number of rotatable bonds is 6. The fraction of sp³-hybridized carbons (Fsp3) is 0.200. The maximum atomic E-state index is 12.1. The first-order valence-electron chi connectivity index (χ1n) is 12.7. The van der Waals surface area contributed by atoms with E-state index in [2.05, 4.69) is 61.6 Å². The average molecular weight is 517 g/mol. The molecule has 0 saturated carbocycles. The fourth-order valence-corrected chi connectivity index (χ4v) is 4.88. The highest BCUT2D eigenvalue weighted by atomic mass is 16.5. The van der Waals surface area contributed by atoms with Crippen LogP contribution in [0.2, 0.25) is 0 Å². The third-order valence-corrected chi connectivity index (χ3v) is 7.14. The molecule has 39 heavy (non-hydrogen) atoms. The van der Waals surface area contributed by atoms with Crippen molar-refractivity contribution in [1.29, 1.82) is 5.26 Å². The number of carbonyl (C=O) groups excluding carboxylic acids is 1. The number of carbonyl (C=O) groups is 1. The third kappa shape index (κ3) is 4.92. The molecule has 0 atom stereocenters. The molecule has 0 unspecified atom stereocenters. The summed E-state index contributed by atoms with van der Waals surface area (Å²) in [6, 6.07) is 29.5. The molecule has 0 radical (unpaired) electrons. The molecule has 1 saturated heterocycles. The van der Waals surface area contributed by atoms with E-state index in [1.807, 2.05) is 24.3 Å². The first-order chi connectivity index (χ1) is 19.1. The number of aromatic nitrogens is 4. The summed E-state index contributed by atoms with van der Waals surface area (Å²) in [6.07, 6.45) is 1.39. The van der Waals surface area contributed by atoms with E-state index >= 15 is 0 Å². The minimum absolute atomic E-state index is 0.117. The largest absolute Gasteiger partial charge is 0.454 e. The van der Waals surface area contributed by atoms with Gasteiger partial charge in [0.2, 0.25) is 5.82 Å². The maximum absolute atomic E-state index is 12.1. The van der Waals surface area contributed by atoms with Crippen LogP contribution in [0.15, 0.2) is 89.5 Å². The van der Waals surface area contributed by atoms with Crippen LogP contribution in [0, 0.1) is 11.3 Å². The van der Waals surface area contributed by atoms with Gasteiger partial charge in [0.15, 0.2) is 18.1 Å². The molecular formula is C30H24N6O3. The Kier molecular flexibility index (Phi) is 6.43. The van der Waals surface area contributed by atoms with Crippen molar-refractivity contribution in [3.05, 3.63) is 102 Å². The highest BCUT2D eigenvalue weighted by molar-refractivity contribution is 5.89. The number of anilines is 1. The van der Waals surface area contributed by atoms with E-state index in [-0.39, 0.29) is 18.3 Å². The summed E-state index contributed by atoms with van der Waals surface area (Å²) in [5.41, 5.74) is 1.40. The Labute approximate surface area is 224 Å². The van der Waals surface area contributed by atoms with Crippen molar-refractivity contribution in [3.8, 4) is 17.7 Å². The van der Waals surface area contributed by atoms with E-state index in [1.54, 1.807) is 30.3 Å². The lowest BCUT2D eigenvalue weighted by Gasteiger charge is -2.38. The number of esters is 1. The molecule has 0 N–H and O–H groups in total. The van der Waals surface area contributed by atoms with E-state index in [4.69, 9.17) is 9.26 Å². The molecule has 9 heteroatoms. The number of hydrogen-bond acceptors (Lipinski definition) is 9. The molecule has 3 heterocycles. The van der Waals surface area contributed by atoms with Crippen LogP contribution in [0.3, 0.4) is 0 Å². The van der Waals surface area contributed by atoms with Crippen LogP contribution in [-0.4, -0.2) is 39.4 Å². The topological polar surface area (TPSA) is 118 Å². The second kappa shape index (κ2) is 10.3. The van der Waals surface area contributed by atoms with Crippen LogP contribution in [0.4, 0.5) is 5.82 Å². The lowest BCUT2D eigenvalue weighted by Crippen LogP contribution is -2.42. The van der Waals surface area contributed by atoms with E-state index < -0.39 is 11.4 Å². The number of piperidine rings is 1. The molecule has 1 aliphatic rings. The first-order valence-corrected chi connectivity index (χ1v) is 12.7. The van der Waals surface area contributed by atoms with E-state index in [1.165, 1.54) is 5.39 Å². The monoisotopic (exact) mass is 516 g/mol. The van der Waals surface area contributed by atoms with Gasteiger partial charge in [0, 0.05) is 13.1 Å². The molecule has 0 aliphatic carbocycles. The normalized spacial score (nSPS) is 14.6. The van der Waals surface area contributed by atoms with Gasteiger partial charge >= 0.3 is 5.97 Å². The van der Waals surface area contributed by atoms with Crippen molar-refractivity contribution in [2.24, 2.45) is 0 Å². The number of benzene rings is 3. The summed E-state index contributed by atoms with van der Waals surface area (Å²) in [4.78, 5) is 18.5. The Morgan fingerprint density at radius 1 is 0.949 bits per heavy atom. The zero-order valence-electron chi connectivity index (χ0n) is 21.0. The summed E-state index contributed by atoms with van der Waals surface area (Å²) in [7, 11) is 0. The van der Waals surface area contributed by atoms with E-state index in [9.17, 15) is 10.1 Å². The van der Waals surface area contributed by atoms with Gasteiger partial charge in [-0.25, -0.2) is 4.79 Å². The summed E-state index contributed by atoms with van der Waals surface area (Å²) in [5, 5.41) is 25.0. The highest BCUT2D eigenvalue weighted by Crippen LogP contribution is 2.37. The summed E-state index contributed by atoms with van der Waals surface area (Å²) < 4.78 is 10.5. The second-order valence-electron chi connectivity index (χ2n) is 9.48. The molecule has 0 bridgehead atoms. The van der Waals surface area contributed by atoms with Gasteiger partial charge in [0.25, 0.3) is 5.89 Å². The molecule has 6 rings (SSSR count). The van der Waals surface area contributed by atoms with Gasteiger partial charge in [-0.2, -0.15) is 10.2 Å². The lowest BCUT2D eigenvalue weighted by molar-refractivity contribution is 0.0459. The Morgan fingerprint density at radius 3 is 2.46 bits per heavy atom. The van der Waals surface area contributed by atoms with Gasteiger partial charge < -0.3 is 14.2 Å². The van der Waals surface area contributed by atoms with Crippen molar-refractivity contribution >= 4 is 22.6 Å². The minimum Gasteiger partial charge on any atom is -0.454 e. The molecule has 2 aromatic heterocycles. The molecule has 9 nitrogen and oxygen atoms in total. The molecule has 1 aliphatic heterocycles. The zero-order chi connectivity index (χ0) is 26.7. The summed E-state index contributed by atoms with van der Waals surface area (Å²) >= 11 is 0. The highest BCUT2D eigenvalue weighted by Gasteiger charge is 2.37. The van der Waals surface area contributed by atoms with Crippen molar-refractivity contribution in [3.63, 3.8) is 0 Å². The summed E-state index contributed by atoms with van der Waals surface area (Å²) in [5.74, 6) is 0.685. The van der Waals surface area contributed by atoms with Crippen LogP contribution in [0.1, 0.15) is 34.6 Å². The number of nitrogens with zero attached hydrogens (tertiary/aromatic N) is 6. The molecular weight excluding hydrogens is 492 g/mol. The lowest BCUT2D eigenvalue weighted by atomic mass is 9.73. The average Bonchev–Trinajstić information content (AvgIpc) is 3.49. The van der Waals surface area contributed by atoms with Gasteiger partial charge in [0.05, 0.1) is 17.0 Å². The third-order valence-electron chi connectivity index (χ3n) is 7.14. The number of hydrogen-bond donors (Lipinski definition) is 0. The molecule has 0 amide bonds. The van der Waals surface area contributed by atoms with Crippen molar-refractivity contribution in [1.82, 2.24) is 20.3 Å². The Hall–Kier alpha value is -5.10. The second-order valence-corrected chi connectivity index (χ2v) is 9.48. The first kappa shape index (κ1) is 24.2.